The fourth-order valence-corrected chi connectivity index (χ4v) is 2.27. The van der Waals surface area contributed by atoms with Crippen LogP contribution in [0.3, 0.4) is 0 Å². The van der Waals surface area contributed by atoms with Gasteiger partial charge in [0.05, 0.1) is 17.5 Å². The normalized spacial score (nSPS) is 16.3. The van der Waals surface area contributed by atoms with Crippen molar-refractivity contribution in [2.24, 2.45) is 0 Å². The Bertz CT molecular complexity index is 500. The van der Waals surface area contributed by atoms with Gasteiger partial charge in [-0.3, -0.25) is 9.59 Å². The van der Waals surface area contributed by atoms with Crippen molar-refractivity contribution in [2.45, 2.75) is 38.7 Å². The fraction of sp³-hybridized carbons (Fsp3) is 0.467. The average Bonchev–Trinajstić information content (AvgIpc) is 2.83. The molecule has 1 fully saturated rings. The smallest absolute Gasteiger partial charge is 0.227 e. The van der Waals surface area contributed by atoms with Crippen LogP contribution in [-0.2, 0) is 9.59 Å². The summed E-state index contributed by atoms with van der Waals surface area (Å²) in [5.74, 6) is -0.0549. The molecule has 0 saturated carbocycles. The molecule has 0 bridgehead atoms. The Morgan fingerprint density at radius 1 is 1.45 bits per heavy atom. The molecule has 1 unspecified atom stereocenters. The number of benzene rings is 1. The van der Waals surface area contributed by atoms with E-state index in [4.69, 9.17) is 0 Å². The van der Waals surface area contributed by atoms with Gasteiger partial charge in [-0.1, -0.05) is 12.1 Å². The Kier molecular flexibility index (Phi) is 4.74. The number of carbonyl (C=O) groups excluding carboxylic acids is 2. The minimum atomic E-state index is -0.490. The lowest BCUT2D eigenvalue weighted by Crippen LogP contribution is -2.25. The number of carbonyl (C=O) groups is 2. The number of para-hydroxylation sites is 2. The lowest BCUT2D eigenvalue weighted by atomic mass is 10.2. The molecule has 5 nitrogen and oxygen atoms in total. The van der Waals surface area contributed by atoms with Gasteiger partial charge < -0.3 is 15.3 Å². The highest BCUT2D eigenvalue weighted by molar-refractivity contribution is 6.02. The molecule has 1 aliphatic heterocycles. The van der Waals surface area contributed by atoms with Gasteiger partial charge in [-0.15, -0.1) is 0 Å². The van der Waals surface area contributed by atoms with Gasteiger partial charge in [0, 0.05) is 19.4 Å². The minimum Gasteiger partial charge on any atom is -0.393 e. The standard InChI is InChI=1S/C15H20N2O3/c1-11(18)8-9-14(19)16-12-5-2-3-6-13(12)17-10-4-7-15(17)20/h2-3,5-6,11,18H,4,7-10H2,1H3,(H,16,19). The fourth-order valence-electron chi connectivity index (χ4n) is 2.27. The molecule has 0 aromatic heterocycles. The number of aliphatic hydroxyl groups is 1. The van der Waals surface area contributed by atoms with E-state index in [1.54, 1.807) is 17.9 Å². The number of amides is 2. The molecule has 20 heavy (non-hydrogen) atoms. The molecule has 5 heteroatoms. The zero-order valence-electron chi connectivity index (χ0n) is 11.6. The van der Waals surface area contributed by atoms with Crippen LogP contribution in [0.4, 0.5) is 11.4 Å². The van der Waals surface area contributed by atoms with Crippen molar-refractivity contribution in [3.63, 3.8) is 0 Å². The molecular formula is C15H20N2O3. The lowest BCUT2D eigenvalue weighted by molar-refractivity contribution is -0.117. The Labute approximate surface area is 118 Å². The maximum absolute atomic E-state index is 11.8. The molecule has 2 amide bonds. The average molecular weight is 276 g/mol. The van der Waals surface area contributed by atoms with Crippen LogP contribution in [0.25, 0.3) is 0 Å². The third-order valence-electron chi connectivity index (χ3n) is 3.33. The number of aliphatic hydroxyl groups excluding tert-OH is 1. The molecule has 0 aliphatic carbocycles. The highest BCUT2D eigenvalue weighted by Gasteiger charge is 2.24. The summed E-state index contributed by atoms with van der Waals surface area (Å²) in [4.78, 5) is 25.4. The van der Waals surface area contributed by atoms with Crippen molar-refractivity contribution < 1.29 is 14.7 Å². The quantitative estimate of drug-likeness (QED) is 0.863. The van der Waals surface area contributed by atoms with Crippen molar-refractivity contribution >= 4 is 23.2 Å². The molecule has 2 rings (SSSR count). The van der Waals surface area contributed by atoms with Crippen LogP contribution < -0.4 is 10.2 Å². The summed E-state index contributed by atoms with van der Waals surface area (Å²) in [6, 6.07) is 7.31. The van der Waals surface area contributed by atoms with Crippen molar-refractivity contribution in [3.8, 4) is 0 Å². The second-order valence-electron chi connectivity index (χ2n) is 5.10. The lowest BCUT2D eigenvalue weighted by Gasteiger charge is -2.20. The van der Waals surface area contributed by atoms with Crippen molar-refractivity contribution in [1.82, 2.24) is 0 Å². The molecule has 2 N–H and O–H groups in total. The second-order valence-corrected chi connectivity index (χ2v) is 5.10. The van der Waals surface area contributed by atoms with Gasteiger partial charge in [0.15, 0.2) is 0 Å². The predicted molar refractivity (Wildman–Crippen MR) is 77.6 cm³/mol. The van der Waals surface area contributed by atoms with Gasteiger partial charge in [0.1, 0.15) is 0 Å². The van der Waals surface area contributed by atoms with Gasteiger partial charge in [-0.25, -0.2) is 0 Å². The van der Waals surface area contributed by atoms with E-state index in [2.05, 4.69) is 5.32 Å². The Balaban J connectivity index is 2.08. The molecule has 1 aliphatic rings. The number of anilines is 2. The predicted octanol–water partition coefficient (Wildman–Crippen LogP) is 1.91. The molecule has 0 spiro atoms. The molecule has 108 valence electrons. The molecule has 1 heterocycles. The number of nitrogens with zero attached hydrogens (tertiary/aromatic N) is 1. The summed E-state index contributed by atoms with van der Waals surface area (Å²) in [5, 5.41) is 12.0. The largest absolute Gasteiger partial charge is 0.393 e. The van der Waals surface area contributed by atoms with E-state index in [0.717, 1.165) is 12.1 Å². The van der Waals surface area contributed by atoms with Gasteiger partial charge >= 0.3 is 0 Å². The first-order valence-corrected chi connectivity index (χ1v) is 6.95. The Morgan fingerprint density at radius 2 is 2.20 bits per heavy atom. The molecule has 1 aromatic rings. The molecule has 0 radical (unpaired) electrons. The Morgan fingerprint density at radius 3 is 2.85 bits per heavy atom. The first-order chi connectivity index (χ1) is 9.58. The van der Waals surface area contributed by atoms with Crippen LogP contribution >= 0.6 is 0 Å². The van der Waals surface area contributed by atoms with E-state index >= 15 is 0 Å². The summed E-state index contributed by atoms with van der Waals surface area (Å²) in [5.41, 5.74) is 1.40. The van der Waals surface area contributed by atoms with E-state index in [-0.39, 0.29) is 18.2 Å². The van der Waals surface area contributed by atoms with Crippen LogP contribution in [0, 0.1) is 0 Å². The second kappa shape index (κ2) is 6.52. The summed E-state index contributed by atoms with van der Waals surface area (Å²) >= 11 is 0. The van der Waals surface area contributed by atoms with Crippen LogP contribution in [0.2, 0.25) is 0 Å². The van der Waals surface area contributed by atoms with E-state index < -0.39 is 6.10 Å². The molecular weight excluding hydrogens is 256 g/mol. The minimum absolute atomic E-state index is 0.0932. The summed E-state index contributed by atoms with van der Waals surface area (Å²) in [7, 11) is 0. The monoisotopic (exact) mass is 276 g/mol. The molecule has 1 atom stereocenters. The number of rotatable bonds is 5. The first kappa shape index (κ1) is 14.5. The van der Waals surface area contributed by atoms with Crippen molar-refractivity contribution in [3.05, 3.63) is 24.3 Å². The van der Waals surface area contributed by atoms with Crippen molar-refractivity contribution in [1.29, 1.82) is 0 Å². The Hall–Kier alpha value is -1.88. The maximum atomic E-state index is 11.8. The maximum Gasteiger partial charge on any atom is 0.227 e. The zero-order valence-corrected chi connectivity index (χ0v) is 11.6. The summed E-state index contributed by atoms with van der Waals surface area (Å²) < 4.78 is 0. The topological polar surface area (TPSA) is 69.6 Å². The van der Waals surface area contributed by atoms with E-state index in [1.165, 1.54) is 0 Å². The van der Waals surface area contributed by atoms with E-state index in [0.29, 0.717) is 25.1 Å². The molecule has 1 saturated heterocycles. The highest BCUT2D eigenvalue weighted by atomic mass is 16.3. The summed E-state index contributed by atoms with van der Waals surface area (Å²) in [6.45, 7) is 2.35. The number of hydrogen-bond acceptors (Lipinski definition) is 3. The van der Waals surface area contributed by atoms with Gasteiger partial charge in [0.2, 0.25) is 11.8 Å². The van der Waals surface area contributed by atoms with Crippen LogP contribution in [-0.4, -0.2) is 29.6 Å². The van der Waals surface area contributed by atoms with Crippen LogP contribution in [0.1, 0.15) is 32.6 Å². The first-order valence-electron chi connectivity index (χ1n) is 6.95. The van der Waals surface area contributed by atoms with Crippen molar-refractivity contribution in [2.75, 3.05) is 16.8 Å². The van der Waals surface area contributed by atoms with E-state index in [1.807, 2.05) is 18.2 Å². The SMILES string of the molecule is CC(O)CCC(=O)Nc1ccccc1N1CCCC1=O. The highest BCUT2D eigenvalue weighted by Crippen LogP contribution is 2.29. The summed E-state index contributed by atoms with van der Waals surface area (Å²) in [6.07, 6.45) is 1.61. The zero-order chi connectivity index (χ0) is 14.5. The van der Waals surface area contributed by atoms with Gasteiger partial charge in [-0.05, 0) is 31.9 Å². The van der Waals surface area contributed by atoms with E-state index in [9.17, 15) is 14.7 Å². The van der Waals surface area contributed by atoms with Gasteiger partial charge in [0.25, 0.3) is 0 Å². The van der Waals surface area contributed by atoms with Gasteiger partial charge in [-0.2, -0.15) is 0 Å². The van der Waals surface area contributed by atoms with Crippen LogP contribution in [0.5, 0.6) is 0 Å². The third kappa shape index (κ3) is 3.57. The number of nitrogens with one attached hydrogen (secondary N) is 1. The molecule has 1 aromatic carbocycles. The third-order valence-corrected chi connectivity index (χ3v) is 3.33. The number of hydrogen-bond donors (Lipinski definition) is 2. The van der Waals surface area contributed by atoms with Crippen LogP contribution in [0.15, 0.2) is 24.3 Å².